The van der Waals surface area contributed by atoms with Crippen molar-refractivity contribution >= 4 is 12.1 Å². The summed E-state index contributed by atoms with van der Waals surface area (Å²) in [5, 5.41) is 15.5. The van der Waals surface area contributed by atoms with Gasteiger partial charge in [-0.2, -0.15) is 0 Å². The van der Waals surface area contributed by atoms with Crippen LogP contribution in [0, 0.1) is 0 Å². The second kappa shape index (κ2) is 9.39. The van der Waals surface area contributed by atoms with E-state index in [0.29, 0.717) is 0 Å². The third-order valence-corrected chi connectivity index (χ3v) is 3.03. The summed E-state index contributed by atoms with van der Waals surface area (Å²) >= 11 is 0. The van der Waals surface area contributed by atoms with E-state index in [0.717, 1.165) is 5.56 Å². The van der Waals surface area contributed by atoms with Crippen molar-refractivity contribution in [1.29, 1.82) is 0 Å². The lowest BCUT2D eigenvalue weighted by Gasteiger charge is -2.25. The molecule has 3 N–H and O–H groups in total. The molecule has 0 aliphatic heterocycles. The Kier molecular flexibility index (Phi) is 7.86. The van der Waals surface area contributed by atoms with E-state index in [1.54, 1.807) is 27.7 Å². The van der Waals surface area contributed by atoms with Gasteiger partial charge in [-0.15, -0.1) is 0 Å². The third kappa shape index (κ3) is 10.4. The molecule has 0 spiro atoms. The van der Waals surface area contributed by atoms with Crippen LogP contribution in [0.3, 0.4) is 0 Å². The van der Waals surface area contributed by atoms with E-state index in [2.05, 4.69) is 10.6 Å². The lowest BCUT2D eigenvalue weighted by Crippen LogP contribution is -2.49. The van der Waals surface area contributed by atoms with Crippen molar-refractivity contribution in [2.75, 3.05) is 19.6 Å². The molecule has 0 aliphatic rings. The van der Waals surface area contributed by atoms with E-state index in [4.69, 9.17) is 9.47 Å². The zero-order chi connectivity index (χ0) is 18.9. The van der Waals surface area contributed by atoms with Gasteiger partial charge in [0.15, 0.2) is 0 Å². The number of alkyl carbamates (subject to hydrolysis) is 1. The van der Waals surface area contributed by atoms with E-state index in [1.807, 2.05) is 30.3 Å². The van der Waals surface area contributed by atoms with Crippen LogP contribution in [0.5, 0.6) is 0 Å². The van der Waals surface area contributed by atoms with Gasteiger partial charge in [-0.05, 0) is 33.3 Å². The molecule has 7 nitrogen and oxygen atoms in total. The zero-order valence-electron chi connectivity index (χ0n) is 15.3. The predicted molar refractivity (Wildman–Crippen MR) is 94.0 cm³/mol. The molecule has 1 aromatic carbocycles. The number of carbonyl (C=O) groups is 2. The summed E-state index contributed by atoms with van der Waals surface area (Å²) in [5.41, 5.74) is -0.919. The Morgan fingerprint density at radius 1 is 1.08 bits per heavy atom. The molecule has 0 aliphatic carbocycles. The molecule has 1 rings (SSSR count). The first-order valence-electron chi connectivity index (χ1n) is 8.17. The molecule has 0 saturated heterocycles. The first-order valence-corrected chi connectivity index (χ1v) is 8.17. The lowest BCUT2D eigenvalue weighted by atomic mass is 10.1. The maximum absolute atomic E-state index is 11.7. The van der Waals surface area contributed by atoms with E-state index in [-0.39, 0.29) is 26.2 Å². The maximum Gasteiger partial charge on any atom is 0.407 e. The highest BCUT2D eigenvalue weighted by atomic mass is 16.6. The van der Waals surface area contributed by atoms with Gasteiger partial charge >= 0.3 is 12.1 Å². The minimum absolute atomic E-state index is 0.00598. The van der Waals surface area contributed by atoms with Crippen molar-refractivity contribution < 1.29 is 24.2 Å². The predicted octanol–water partition coefficient (Wildman–Crippen LogP) is 1.60. The molecular weight excluding hydrogens is 324 g/mol. The Balaban J connectivity index is 2.22. The quantitative estimate of drug-likeness (QED) is 0.615. The van der Waals surface area contributed by atoms with Gasteiger partial charge in [-0.25, -0.2) is 4.79 Å². The number of hydrogen-bond donors (Lipinski definition) is 3. The summed E-state index contributed by atoms with van der Waals surface area (Å²) < 4.78 is 10.2. The van der Waals surface area contributed by atoms with Gasteiger partial charge in [0.1, 0.15) is 12.2 Å². The minimum atomic E-state index is -1.23. The Bertz CT molecular complexity index is 552. The number of aliphatic hydroxyl groups is 1. The Morgan fingerprint density at radius 3 is 2.32 bits per heavy atom. The summed E-state index contributed by atoms with van der Waals surface area (Å²) in [4.78, 5) is 23.2. The van der Waals surface area contributed by atoms with Gasteiger partial charge in [0.05, 0.1) is 18.7 Å². The Morgan fingerprint density at radius 2 is 1.72 bits per heavy atom. The van der Waals surface area contributed by atoms with Crippen LogP contribution >= 0.6 is 0 Å². The van der Waals surface area contributed by atoms with Crippen molar-refractivity contribution in [3.63, 3.8) is 0 Å². The van der Waals surface area contributed by atoms with Crippen LogP contribution in [0.4, 0.5) is 4.79 Å². The third-order valence-electron chi connectivity index (χ3n) is 3.03. The largest absolute Gasteiger partial charge is 0.460 e. The summed E-state index contributed by atoms with van der Waals surface area (Å²) in [7, 11) is 0. The van der Waals surface area contributed by atoms with Crippen LogP contribution in [-0.2, 0) is 20.9 Å². The molecule has 0 heterocycles. The number of rotatable bonds is 8. The number of amides is 1. The molecule has 7 heteroatoms. The molecule has 1 amide bonds. The first-order chi connectivity index (χ1) is 11.6. The van der Waals surface area contributed by atoms with Crippen molar-refractivity contribution in [2.45, 2.75) is 45.5 Å². The van der Waals surface area contributed by atoms with Gasteiger partial charge in [0.2, 0.25) is 0 Å². The topological polar surface area (TPSA) is 96.9 Å². The van der Waals surface area contributed by atoms with E-state index >= 15 is 0 Å². The van der Waals surface area contributed by atoms with Gasteiger partial charge < -0.3 is 25.2 Å². The molecule has 0 fully saturated rings. The van der Waals surface area contributed by atoms with Crippen molar-refractivity contribution in [3.05, 3.63) is 35.9 Å². The molecule has 140 valence electrons. The van der Waals surface area contributed by atoms with Crippen LogP contribution in [0.2, 0.25) is 0 Å². The van der Waals surface area contributed by atoms with Crippen molar-refractivity contribution in [3.8, 4) is 0 Å². The van der Waals surface area contributed by atoms with Crippen LogP contribution in [0.25, 0.3) is 0 Å². The first kappa shape index (κ1) is 20.9. The lowest BCUT2D eigenvalue weighted by molar-refractivity contribution is -0.144. The average molecular weight is 352 g/mol. The molecule has 1 unspecified atom stereocenters. The van der Waals surface area contributed by atoms with E-state index in [9.17, 15) is 14.7 Å². The molecule has 0 bridgehead atoms. The Labute approximate surface area is 148 Å². The molecule has 0 saturated carbocycles. The highest BCUT2D eigenvalue weighted by Crippen LogP contribution is 2.07. The van der Waals surface area contributed by atoms with Crippen molar-refractivity contribution in [2.24, 2.45) is 0 Å². The number of esters is 1. The minimum Gasteiger partial charge on any atom is -0.460 e. The summed E-state index contributed by atoms with van der Waals surface area (Å²) in [6.45, 7) is 7.10. The van der Waals surface area contributed by atoms with Crippen LogP contribution in [0.1, 0.15) is 33.3 Å². The maximum atomic E-state index is 11.7. The number of hydrogen-bond acceptors (Lipinski definition) is 6. The Hall–Kier alpha value is -2.12. The molecule has 1 atom stereocenters. The second-order valence-corrected chi connectivity index (χ2v) is 7.10. The standard InChI is InChI=1S/C18H28N2O5/c1-17(2,3)25-16(22)20-13-18(4,23)12-19-10-15(21)24-11-14-8-6-5-7-9-14/h5-9,19,23H,10-13H2,1-4H3,(H,20,22). The SMILES string of the molecule is CC(O)(CNCC(=O)OCc1ccccc1)CNC(=O)OC(C)(C)C. The number of nitrogens with one attached hydrogen (secondary N) is 2. The summed E-state index contributed by atoms with van der Waals surface area (Å²) in [6.07, 6.45) is -0.602. The number of ether oxygens (including phenoxy) is 2. The van der Waals surface area contributed by atoms with Crippen LogP contribution in [0.15, 0.2) is 30.3 Å². The van der Waals surface area contributed by atoms with Crippen LogP contribution in [-0.4, -0.2) is 48.0 Å². The highest BCUT2D eigenvalue weighted by Gasteiger charge is 2.23. The smallest absolute Gasteiger partial charge is 0.407 e. The molecule has 1 aromatic rings. The fourth-order valence-electron chi connectivity index (χ4n) is 1.86. The fraction of sp³-hybridized carbons (Fsp3) is 0.556. The van der Waals surface area contributed by atoms with Crippen LogP contribution < -0.4 is 10.6 Å². The van der Waals surface area contributed by atoms with Gasteiger partial charge in [0.25, 0.3) is 0 Å². The fourth-order valence-corrected chi connectivity index (χ4v) is 1.86. The van der Waals surface area contributed by atoms with E-state index < -0.39 is 23.3 Å². The number of carbonyl (C=O) groups excluding carboxylic acids is 2. The second-order valence-electron chi connectivity index (χ2n) is 7.10. The summed E-state index contributed by atoms with van der Waals surface area (Å²) in [5.74, 6) is -0.417. The highest BCUT2D eigenvalue weighted by molar-refractivity contribution is 5.71. The molecular formula is C18H28N2O5. The average Bonchev–Trinajstić information content (AvgIpc) is 2.50. The normalized spacial score (nSPS) is 13.6. The molecule has 0 radical (unpaired) electrons. The van der Waals surface area contributed by atoms with Crippen molar-refractivity contribution in [1.82, 2.24) is 10.6 Å². The molecule has 25 heavy (non-hydrogen) atoms. The van der Waals surface area contributed by atoms with E-state index in [1.165, 1.54) is 0 Å². The molecule has 0 aromatic heterocycles. The zero-order valence-corrected chi connectivity index (χ0v) is 15.3. The van der Waals surface area contributed by atoms with Gasteiger partial charge in [-0.1, -0.05) is 30.3 Å². The van der Waals surface area contributed by atoms with Gasteiger partial charge in [0, 0.05) is 6.54 Å². The van der Waals surface area contributed by atoms with Gasteiger partial charge in [-0.3, -0.25) is 4.79 Å². The summed E-state index contributed by atoms with van der Waals surface area (Å²) in [6, 6.07) is 9.37. The monoisotopic (exact) mass is 352 g/mol. The number of benzene rings is 1.